The molecule has 0 fully saturated rings. The van der Waals surface area contributed by atoms with Crippen LogP contribution < -0.4 is 4.74 Å². The van der Waals surface area contributed by atoms with Crippen molar-refractivity contribution < 1.29 is 14.6 Å². The number of fused-ring (bicyclic) bond motifs is 1. The largest absolute Gasteiger partial charge is 0.491 e. The molecule has 3 heterocycles. The Bertz CT molecular complexity index is 947. The van der Waals surface area contributed by atoms with Gasteiger partial charge in [-0.3, -0.25) is 4.68 Å². The number of aromatic carboxylic acids is 1. The molecular weight excluding hydrogens is 320 g/mol. The summed E-state index contributed by atoms with van der Waals surface area (Å²) in [6.45, 7) is 0.546. The molecule has 0 atom stereocenters. The summed E-state index contributed by atoms with van der Waals surface area (Å²) >= 11 is 0. The summed E-state index contributed by atoms with van der Waals surface area (Å²) in [6, 6.07) is 9.58. The summed E-state index contributed by atoms with van der Waals surface area (Å²) in [4.78, 5) is 15.5. The van der Waals surface area contributed by atoms with Crippen molar-refractivity contribution >= 4 is 5.97 Å². The highest BCUT2D eigenvalue weighted by Gasteiger charge is 2.21. The molecule has 0 saturated carbocycles. The van der Waals surface area contributed by atoms with E-state index in [-0.39, 0.29) is 5.69 Å². The Morgan fingerprint density at radius 3 is 2.80 bits per heavy atom. The number of carboxylic acids is 1. The maximum absolute atomic E-state index is 11.3. The second-order valence-electron chi connectivity index (χ2n) is 6.00. The molecule has 7 heteroatoms. The van der Waals surface area contributed by atoms with E-state index >= 15 is 0 Å². The van der Waals surface area contributed by atoms with Crippen molar-refractivity contribution in [2.45, 2.75) is 12.8 Å². The minimum Gasteiger partial charge on any atom is -0.491 e. The van der Waals surface area contributed by atoms with Crippen LogP contribution in [-0.4, -0.2) is 37.7 Å². The molecular formula is C18H16N4O3. The second kappa shape index (κ2) is 6.01. The van der Waals surface area contributed by atoms with Crippen LogP contribution in [-0.2, 0) is 19.9 Å². The lowest BCUT2D eigenvalue weighted by Gasteiger charge is -2.09. The lowest BCUT2D eigenvalue weighted by Crippen LogP contribution is -2.04. The van der Waals surface area contributed by atoms with Crippen LogP contribution in [0.3, 0.4) is 0 Å². The van der Waals surface area contributed by atoms with E-state index in [1.807, 2.05) is 37.5 Å². The van der Waals surface area contributed by atoms with E-state index in [9.17, 15) is 9.90 Å². The van der Waals surface area contributed by atoms with Gasteiger partial charge in [0, 0.05) is 31.0 Å². The molecule has 126 valence electrons. The van der Waals surface area contributed by atoms with Gasteiger partial charge in [0.1, 0.15) is 17.1 Å². The molecule has 0 aliphatic carbocycles. The van der Waals surface area contributed by atoms with Crippen molar-refractivity contribution in [3.8, 4) is 17.0 Å². The maximum Gasteiger partial charge on any atom is 0.354 e. The van der Waals surface area contributed by atoms with Crippen molar-refractivity contribution in [2.75, 3.05) is 6.61 Å². The Morgan fingerprint density at radius 2 is 2.12 bits per heavy atom. The van der Waals surface area contributed by atoms with Gasteiger partial charge < -0.3 is 9.84 Å². The quantitative estimate of drug-likeness (QED) is 0.785. The number of aryl methyl sites for hydroxylation is 1. The highest BCUT2D eigenvalue weighted by Crippen LogP contribution is 2.31. The number of carbonyl (C=O) groups is 1. The van der Waals surface area contributed by atoms with Gasteiger partial charge in [-0.15, -0.1) is 5.10 Å². The third-order valence-electron chi connectivity index (χ3n) is 4.17. The zero-order valence-electron chi connectivity index (χ0n) is 13.6. The van der Waals surface area contributed by atoms with Crippen LogP contribution in [0.5, 0.6) is 5.75 Å². The van der Waals surface area contributed by atoms with Crippen LogP contribution in [0.1, 0.15) is 27.3 Å². The molecule has 0 unspecified atom stereocenters. The van der Waals surface area contributed by atoms with E-state index in [4.69, 9.17) is 4.74 Å². The minimum atomic E-state index is -1.02. The van der Waals surface area contributed by atoms with Crippen molar-refractivity contribution in [1.82, 2.24) is 20.0 Å². The summed E-state index contributed by atoms with van der Waals surface area (Å²) in [5.74, 6) is -0.294. The van der Waals surface area contributed by atoms with Crippen LogP contribution in [0.15, 0.2) is 36.5 Å². The van der Waals surface area contributed by atoms with Crippen LogP contribution >= 0.6 is 0 Å². The maximum atomic E-state index is 11.3. The molecule has 0 bridgehead atoms. The lowest BCUT2D eigenvalue weighted by molar-refractivity contribution is 0.0690. The van der Waals surface area contributed by atoms with Gasteiger partial charge >= 0.3 is 5.97 Å². The van der Waals surface area contributed by atoms with Gasteiger partial charge in [-0.25, -0.2) is 9.78 Å². The molecule has 0 spiro atoms. The van der Waals surface area contributed by atoms with Crippen molar-refractivity contribution in [2.24, 2.45) is 7.05 Å². The highest BCUT2D eigenvalue weighted by atomic mass is 16.5. The molecule has 1 aromatic carbocycles. The van der Waals surface area contributed by atoms with E-state index in [0.29, 0.717) is 19.4 Å². The number of hydrogen-bond acceptors (Lipinski definition) is 5. The fourth-order valence-corrected chi connectivity index (χ4v) is 2.97. The number of pyridine rings is 1. The summed E-state index contributed by atoms with van der Waals surface area (Å²) in [7, 11) is 1.83. The van der Waals surface area contributed by atoms with Crippen LogP contribution in [0, 0.1) is 0 Å². The minimum absolute atomic E-state index is 0.0652. The van der Waals surface area contributed by atoms with Crippen molar-refractivity contribution in [3.05, 3.63) is 59.0 Å². The average molecular weight is 336 g/mol. The summed E-state index contributed by atoms with van der Waals surface area (Å²) in [5, 5.41) is 17.3. The van der Waals surface area contributed by atoms with E-state index in [2.05, 4.69) is 15.3 Å². The van der Waals surface area contributed by atoms with Crippen LogP contribution in [0.25, 0.3) is 11.3 Å². The third-order valence-corrected chi connectivity index (χ3v) is 4.17. The fraction of sp³-hybridized carbons (Fsp3) is 0.222. The van der Waals surface area contributed by atoms with Gasteiger partial charge in [0.05, 0.1) is 18.5 Å². The average Bonchev–Trinajstić information content (AvgIpc) is 3.24. The standard InChI is InChI=1S/C18H16N4O3/c1-22-10-16(20-21-22)12-4-2-11(3-5-12)8-13-9-15(18(23)24)19-14-6-7-25-17(13)14/h2-5,9-10H,6-8H2,1H3,(H,23,24). The van der Waals surface area contributed by atoms with E-state index in [1.54, 1.807) is 10.7 Å². The predicted molar refractivity (Wildman–Crippen MR) is 89.6 cm³/mol. The number of rotatable bonds is 4. The monoisotopic (exact) mass is 336 g/mol. The Kier molecular flexibility index (Phi) is 3.68. The number of ether oxygens (including phenoxy) is 1. The first kappa shape index (κ1) is 15.3. The normalized spacial score (nSPS) is 12.7. The van der Waals surface area contributed by atoms with Gasteiger partial charge in [0.25, 0.3) is 0 Å². The Labute approximate surface area is 143 Å². The summed E-state index contributed by atoms with van der Waals surface area (Å²) < 4.78 is 7.32. The van der Waals surface area contributed by atoms with E-state index < -0.39 is 5.97 Å². The van der Waals surface area contributed by atoms with E-state index in [0.717, 1.165) is 33.8 Å². The molecule has 0 radical (unpaired) electrons. The van der Waals surface area contributed by atoms with Gasteiger partial charge in [0.2, 0.25) is 0 Å². The first-order valence-corrected chi connectivity index (χ1v) is 7.94. The number of carboxylic acid groups (broad SMARTS) is 1. The van der Waals surface area contributed by atoms with Gasteiger partial charge in [-0.1, -0.05) is 29.5 Å². The second-order valence-corrected chi connectivity index (χ2v) is 6.00. The SMILES string of the molecule is Cn1cc(-c2ccc(Cc3cc(C(=O)O)nc4c3OCC4)cc2)nn1. The molecule has 4 rings (SSSR count). The number of nitrogens with zero attached hydrogens (tertiary/aromatic N) is 4. The van der Waals surface area contributed by atoms with Gasteiger partial charge in [-0.2, -0.15) is 0 Å². The molecule has 3 aromatic rings. The molecule has 1 aliphatic rings. The third kappa shape index (κ3) is 2.96. The molecule has 7 nitrogen and oxygen atoms in total. The number of benzene rings is 1. The summed E-state index contributed by atoms with van der Waals surface area (Å²) in [5.41, 5.74) is 4.51. The first-order valence-electron chi connectivity index (χ1n) is 7.94. The summed E-state index contributed by atoms with van der Waals surface area (Å²) in [6.07, 6.45) is 3.10. The Morgan fingerprint density at radius 1 is 1.32 bits per heavy atom. The fourth-order valence-electron chi connectivity index (χ4n) is 2.97. The lowest BCUT2D eigenvalue weighted by atomic mass is 10.0. The molecule has 1 aliphatic heterocycles. The zero-order chi connectivity index (χ0) is 17.4. The van der Waals surface area contributed by atoms with E-state index in [1.165, 1.54) is 0 Å². The molecule has 0 amide bonds. The molecule has 1 N–H and O–H groups in total. The predicted octanol–water partition coefficient (Wildman–Crippen LogP) is 2.10. The smallest absolute Gasteiger partial charge is 0.354 e. The Hall–Kier alpha value is -3.22. The zero-order valence-corrected chi connectivity index (χ0v) is 13.6. The topological polar surface area (TPSA) is 90.1 Å². The molecule has 25 heavy (non-hydrogen) atoms. The van der Waals surface area contributed by atoms with Crippen molar-refractivity contribution in [3.63, 3.8) is 0 Å². The Balaban J connectivity index is 1.63. The molecule has 2 aromatic heterocycles. The molecule has 0 saturated heterocycles. The number of aromatic nitrogens is 4. The van der Waals surface area contributed by atoms with Crippen LogP contribution in [0.4, 0.5) is 0 Å². The van der Waals surface area contributed by atoms with Gasteiger partial charge in [-0.05, 0) is 11.6 Å². The van der Waals surface area contributed by atoms with Crippen LogP contribution in [0.2, 0.25) is 0 Å². The first-order chi connectivity index (χ1) is 12.1. The van der Waals surface area contributed by atoms with Gasteiger partial charge in [0.15, 0.2) is 0 Å². The van der Waals surface area contributed by atoms with Crippen molar-refractivity contribution in [1.29, 1.82) is 0 Å². The number of hydrogen-bond donors (Lipinski definition) is 1. The highest BCUT2D eigenvalue weighted by molar-refractivity contribution is 5.86.